The molecule has 2 N–H and O–H groups in total. The van der Waals surface area contributed by atoms with Gasteiger partial charge < -0.3 is 10.2 Å². The standard InChI is InChI=1S/C21H34O4/c1-3-4-6-10-18(22)14-12-17-13-15-20(23)19(17)11-8-5-7-9-16(2)21(24)25/h16-19,22H,3-5,7-9,11-15H2,1-2H3,(H,24,25)/t16?,17-,18?,19+/m0/s1. The molecule has 25 heavy (non-hydrogen) atoms. The van der Waals surface area contributed by atoms with Crippen LogP contribution in [0, 0.1) is 29.6 Å². The molecule has 1 aliphatic carbocycles. The topological polar surface area (TPSA) is 74.6 Å². The number of hydrogen-bond donors (Lipinski definition) is 2. The minimum atomic E-state index is -0.730. The summed E-state index contributed by atoms with van der Waals surface area (Å²) >= 11 is 0. The van der Waals surface area contributed by atoms with Gasteiger partial charge in [-0.3, -0.25) is 9.59 Å². The Balaban J connectivity index is 2.28. The largest absolute Gasteiger partial charge is 0.481 e. The van der Waals surface area contributed by atoms with E-state index in [0.717, 1.165) is 51.4 Å². The summed E-state index contributed by atoms with van der Waals surface area (Å²) in [5.74, 6) is 5.75. The van der Waals surface area contributed by atoms with Crippen LogP contribution >= 0.6 is 0 Å². The number of Topliss-reactive ketones (excluding diaryl/α,β-unsaturated/α-hetero) is 1. The molecular formula is C21H34O4. The molecule has 0 bridgehead atoms. The van der Waals surface area contributed by atoms with Gasteiger partial charge >= 0.3 is 5.97 Å². The summed E-state index contributed by atoms with van der Waals surface area (Å²) in [4.78, 5) is 22.9. The fraction of sp³-hybridized carbons (Fsp3) is 0.810. The van der Waals surface area contributed by atoms with E-state index in [1.165, 1.54) is 0 Å². The highest BCUT2D eigenvalue weighted by Gasteiger charge is 2.33. The molecule has 0 aromatic rings. The highest BCUT2D eigenvalue weighted by atomic mass is 16.4. The first-order valence-corrected chi connectivity index (χ1v) is 9.87. The van der Waals surface area contributed by atoms with Crippen molar-refractivity contribution in [2.75, 3.05) is 0 Å². The van der Waals surface area contributed by atoms with Gasteiger partial charge in [-0.2, -0.15) is 0 Å². The first-order chi connectivity index (χ1) is 12.0. The van der Waals surface area contributed by atoms with Crippen LogP contribution in [-0.4, -0.2) is 28.1 Å². The molecule has 0 aromatic carbocycles. The van der Waals surface area contributed by atoms with E-state index < -0.39 is 12.1 Å². The average Bonchev–Trinajstić information content (AvgIpc) is 2.92. The lowest BCUT2D eigenvalue weighted by molar-refractivity contribution is -0.141. The Morgan fingerprint density at radius 2 is 2.00 bits per heavy atom. The van der Waals surface area contributed by atoms with Gasteiger partial charge in [0.15, 0.2) is 0 Å². The van der Waals surface area contributed by atoms with Crippen LogP contribution in [0.4, 0.5) is 0 Å². The molecule has 0 heterocycles. The number of rotatable bonds is 11. The summed E-state index contributed by atoms with van der Waals surface area (Å²) in [6.45, 7) is 3.81. The van der Waals surface area contributed by atoms with Gasteiger partial charge in [0.25, 0.3) is 0 Å². The normalized spacial score (nSPS) is 22.3. The summed E-state index contributed by atoms with van der Waals surface area (Å²) in [6, 6.07) is 0. The van der Waals surface area contributed by atoms with Crippen molar-refractivity contribution in [1.29, 1.82) is 0 Å². The van der Waals surface area contributed by atoms with Crippen LogP contribution in [0.3, 0.4) is 0 Å². The zero-order valence-electron chi connectivity index (χ0n) is 15.8. The molecule has 1 saturated carbocycles. The number of hydrogen-bond acceptors (Lipinski definition) is 3. The van der Waals surface area contributed by atoms with Crippen molar-refractivity contribution in [1.82, 2.24) is 0 Å². The van der Waals surface area contributed by atoms with Gasteiger partial charge in [-0.25, -0.2) is 0 Å². The number of aliphatic carboxylic acids is 1. The lowest BCUT2D eigenvalue weighted by atomic mass is 9.86. The Morgan fingerprint density at radius 3 is 2.68 bits per heavy atom. The molecule has 0 radical (unpaired) electrons. The van der Waals surface area contributed by atoms with Crippen LogP contribution in [0.1, 0.15) is 84.5 Å². The molecule has 1 aliphatic rings. The third-order valence-corrected chi connectivity index (χ3v) is 5.27. The monoisotopic (exact) mass is 350 g/mol. The van der Waals surface area contributed by atoms with Crippen LogP contribution in [0.25, 0.3) is 0 Å². The zero-order chi connectivity index (χ0) is 18.7. The van der Waals surface area contributed by atoms with Gasteiger partial charge in [0, 0.05) is 18.8 Å². The van der Waals surface area contributed by atoms with Crippen molar-refractivity contribution in [2.45, 2.75) is 90.6 Å². The molecular weight excluding hydrogens is 316 g/mol. The predicted molar refractivity (Wildman–Crippen MR) is 99.0 cm³/mol. The fourth-order valence-corrected chi connectivity index (χ4v) is 3.59. The number of aliphatic hydroxyl groups is 1. The Hall–Kier alpha value is -1.34. The maximum atomic E-state index is 12.1. The number of carbonyl (C=O) groups excluding carboxylic acids is 1. The van der Waals surface area contributed by atoms with E-state index >= 15 is 0 Å². The lowest BCUT2D eigenvalue weighted by Gasteiger charge is -2.19. The number of carbonyl (C=O) groups is 2. The Kier molecular flexibility index (Phi) is 10.5. The first-order valence-electron chi connectivity index (χ1n) is 9.87. The zero-order valence-corrected chi connectivity index (χ0v) is 15.8. The second kappa shape index (κ2) is 12.1. The van der Waals surface area contributed by atoms with Crippen LogP contribution < -0.4 is 0 Å². The third kappa shape index (κ3) is 8.54. The molecule has 1 rings (SSSR count). The smallest absolute Gasteiger partial charge is 0.306 e. The molecule has 4 nitrogen and oxygen atoms in total. The predicted octanol–water partition coefficient (Wildman–Crippen LogP) is 4.20. The van der Waals surface area contributed by atoms with Gasteiger partial charge in [-0.1, -0.05) is 39.0 Å². The Morgan fingerprint density at radius 1 is 1.24 bits per heavy atom. The molecule has 0 saturated heterocycles. The van der Waals surface area contributed by atoms with Crippen molar-refractivity contribution in [3.63, 3.8) is 0 Å². The molecule has 2 unspecified atom stereocenters. The summed E-state index contributed by atoms with van der Waals surface area (Å²) in [7, 11) is 0. The maximum Gasteiger partial charge on any atom is 0.306 e. The molecule has 142 valence electrons. The first kappa shape index (κ1) is 21.7. The molecule has 0 aromatic heterocycles. The summed E-state index contributed by atoms with van der Waals surface area (Å²) in [5.41, 5.74) is 0. The van der Waals surface area contributed by atoms with Crippen molar-refractivity contribution < 1.29 is 19.8 Å². The number of aliphatic hydroxyl groups excluding tert-OH is 1. The van der Waals surface area contributed by atoms with Crippen molar-refractivity contribution in [3.05, 3.63) is 0 Å². The molecule has 0 amide bonds. The molecule has 4 atom stereocenters. The van der Waals surface area contributed by atoms with Gasteiger partial charge in [0.1, 0.15) is 11.9 Å². The second-order valence-corrected chi connectivity index (χ2v) is 7.41. The van der Waals surface area contributed by atoms with Gasteiger partial charge in [-0.15, -0.1) is 5.92 Å². The number of ketones is 1. The van der Waals surface area contributed by atoms with Gasteiger partial charge in [0.2, 0.25) is 0 Å². The van der Waals surface area contributed by atoms with Crippen molar-refractivity contribution in [3.8, 4) is 11.8 Å². The van der Waals surface area contributed by atoms with E-state index in [9.17, 15) is 14.7 Å². The lowest BCUT2D eigenvalue weighted by Crippen LogP contribution is -2.17. The van der Waals surface area contributed by atoms with E-state index in [0.29, 0.717) is 31.0 Å². The highest BCUT2D eigenvalue weighted by molar-refractivity contribution is 5.83. The van der Waals surface area contributed by atoms with Crippen LogP contribution in [0.15, 0.2) is 0 Å². The van der Waals surface area contributed by atoms with Gasteiger partial charge in [-0.05, 0) is 44.4 Å². The Bertz CT molecular complexity index is 474. The minimum Gasteiger partial charge on any atom is -0.481 e. The third-order valence-electron chi connectivity index (χ3n) is 5.27. The summed E-state index contributed by atoms with van der Waals surface area (Å²) < 4.78 is 0. The fourth-order valence-electron chi connectivity index (χ4n) is 3.59. The summed E-state index contributed by atoms with van der Waals surface area (Å²) in [6.07, 6.45) is 8.88. The van der Waals surface area contributed by atoms with Crippen molar-refractivity contribution in [2.24, 2.45) is 17.8 Å². The Labute approximate surface area is 152 Å². The van der Waals surface area contributed by atoms with Crippen LogP contribution in [-0.2, 0) is 9.59 Å². The van der Waals surface area contributed by atoms with E-state index in [2.05, 4.69) is 18.8 Å². The van der Waals surface area contributed by atoms with E-state index in [4.69, 9.17) is 5.11 Å². The van der Waals surface area contributed by atoms with Gasteiger partial charge in [0.05, 0.1) is 5.92 Å². The SMILES string of the molecule is CCCC#CC(O)CC[C@H]1CCC(=O)[C@@H]1CCCCCC(C)C(=O)O. The van der Waals surface area contributed by atoms with Crippen molar-refractivity contribution >= 4 is 11.8 Å². The summed E-state index contributed by atoms with van der Waals surface area (Å²) in [5, 5.41) is 18.8. The quantitative estimate of drug-likeness (QED) is 0.433. The number of carboxylic acid groups (broad SMARTS) is 1. The van der Waals surface area contributed by atoms with Crippen LogP contribution in [0.5, 0.6) is 0 Å². The van der Waals surface area contributed by atoms with E-state index in [-0.39, 0.29) is 11.8 Å². The molecule has 1 fully saturated rings. The van der Waals surface area contributed by atoms with Crippen LogP contribution in [0.2, 0.25) is 0 Å². The second-order valence-electron chi connectivity index (χ2n) is 7.41. The minimum absolute atomic E-state index is 0.132. The van der Waals surface area contributed by atoms with E-state index in [1.807, 2.05) is 0 Å². The number of carboxylic acids is 1. The molecule has 0 aliphatic heterocycles. The average molecular weight is 350 g/mol. The molecule has 0 spiro atoms. The van der Waals surface area contributed by atoms with E-state index in [1.54, 1.807) is 6.92 Å². The molecule has 4 heteroatoms. The number of unbranched alkanes of at least 4 members (excludes halogenated alkanes) is 3. The highest BCUT2D eigenvalue weighted by Crippen LogP contribution is 2.36. The maximum absolute atomic E-state index is 12.1.